The molecule has 8 heteroatoms. The highest BCUT2D eigenvalue weighted by Crippen LogP contribution is 2.65. The van der Waals surface area contributed by atoms with Crippen molar-refractivity contribution in [2.45, 2.75) is 69.3 Å². The molecule has 2 aromatic carbocycles. The quantitative estimate of drug-likeness (QED) is 0.329. The van der Waals surface area contributed by atoms with Crippen molar-refractivity contribution in [1.82, 2.24) is 0 Å². The molecule has 2 saturated carbocycles. The Balaban J connectivity index is 1.39. The molecule has 0 aromatic heterocycles. The van der Waals surface area contributed by atoms with Crippen LogP contribution >= 0.6 is 0 Å². The first kappa shape index (κ1) is 26.6. The Morgan fingerprint density at radius 2 is 1.84 bits per heavy atom. The van der Waals surface area contributed by atoms with Crippen molar-refractivity contribution in [3.63, 3.8) is 0 Å². The highest BCUT2D eigenvalue weighted by atomic mass is 32.2. The summed E-state index contributed by atoms with van der Waals surface area (Å²) in [7, 11) is -3.83. The van der Waals surface area contributed by atoms with Gasteiger partial charge in [0.25, 0.3) is 0 Å². The minimum absolute atomic E-state index is 0.0410. The topological polar surface area (TPSA) is 113 Å². The van der Waals surface area contributed by atoms with E-state index in [1.165, 1.54) is 42.3 Å². The predicted octanol–water partition coefficient (Wildman–Crippen LogP) is 4.93. The van der Waals surface area contributed by atoms with Gasteiger partial charge in [-0.15, -0.1) is 6.58 Å². The van der Waals surface area contributed by atoms with Crippen LogP contribution < -0.4 is 9.88 Å². The fraction of sp³-hybridized carbons (Fsp3) is 0.467. The highest BCUT2D eigenvalue weighted by Gasteiger charge is 2.60. The molecule has 3 aliphatic rings. The van der Waals surface area contributed by atoms with Gasteiger partial charge in [0.05, 0.1) is 10.5 Å². The maximum Gasteiger partial charge on any atom is 0.338 e. The maximum atomic E-state index is 13.0. The third kappa shape index (κ3) is 4.47. The molecule has 0 aliphatic heterocycles. The van der Waals surface area contributed by atoms with Crippen LogP contribution in [0.5, 0.6) is 5.75 Å². The predicted molar refractivity (Wildman–Crippen MR) is 143 cm³/mol. The molecule has 0 bridgehead atoms. The lowest BCUT2D eigenvalue weighted by Gasteiger charge is -2.57. The zero-order valence-corrected chi connectivity index (χ0v) is 22.9. The number of primary sulfonamides is 1. The summed E-state index contributed by atoms with van der Waals surface area (Å²) in [6.07, 6.45) is 6.34. The standard InChI is InChI=1S/C30H35NO6S/c1-5-30-13-12-29(4)17-23(37-28(33)20-6-9-24(10-7-20)38(31,34)35)16-26(29)27(30)18(2)14-21-15-22(36-19(3)32)8-11-25(21)30/h5-11,15,18,23,26-27H,1,12-14,16-17H2,2-4H3,(H2,31,34,35)/t18-,23-,26?,27?,29-,30-/m1/s1. The summed E-state index contributed by atoms with van der Waals surface area (Å²) in [5.74, 6) is 0.875. The maximum absolute atomic E-state index is 13.0. The number of ether oxygens (including phenoxy) is 2. The van der Waals surface area contributed by atoms with Gasteiger partial charge >= 0.3 is 11.9 Å². The highest BCUT2D eigenvalue weighted by molar-refractivity contribution is 7.89. The van der Waals surface area contributed by atoms with Crippen molar-refractivity contribution in [2.24, 2.45) is 28.3 Å². The van der Waals surface area contributed by atoms with E-state index in [1.54, 1.807) is 0 Å². The third-order valence-electron chi connectivity index (χ3n) is 9.30. The van der Waals surface area contributed by atoms with Crippen molar-refractivity contribution < 1.29 is 27.5 Å². The van der Waals surface area contributed by atoms with Gasteiger partial charge in [0.15, 0.2) is 0 Å². The molecular weight excluding hydrogens is 502 g/mol. The van der Waals surface area contributed by atoms with E-state index in [1.807, 2.05) is 12.1 Å². The summed E-state index contributed by atoms with van der Waals surface area (Å²) in [4.78, 5) is 24.4. The second kappa shape index (κ2) is 9.35. The Morgan fingerprint density at radius 1 is 1.13 bits per heavy atom. The van der Waals surface area contributed by atoms with Gasteiger partial charge in [-0.05, 0) is 103 Å². The number of allylic oxidation sites excluding steroid dienone is 1. The van der Waals surface area contributed by atoms with Crippen LogP contribution in [0.1, 0.15) is 67.9 Å². The van der Waals surface area contributed by atoms with E-state index < -0.39 is 16.0 Å². The number of fused-ring (bicyclic) bond motifs is 5. The number of hydrogen-bond donors (Lipinski definition) is 1. The van der Waals surface area contributed by atoms with Gasteiger partial charge in [-0.25, -0.2) is 18.4 Å². The summed E-state index contributed by atoms with van der Waals surface area (Å²) in [5, 5.41) is 5.17. The van der Waals surface area contributed by atoms with Gasteiger partial charge in [-0.2, -0.15) is 0 Å². The molecule has 2 fully saturated rings. The summed E-state index contributed by atoms with van der Waals surface area (Å²) < 4.78 is 34.4. The van der Waals surface area contributed by atoms with Crippen LogP contribution in [0, 0.1) is 23.2 Å². The number of esters is 2. The van der Waals surface area contributed by atoms with Gasteiger partial charge in [0.1, 0.15) is 11.9 Å². The van der Waals surface area contributed by atoms with Gasteiger partial charge in [0, 0.05) is 12.3 Å². The average molecular weight is 538 g/mol. The van der Waals surface area contributed by atoms with Crippen molar-refractivity contribution in [3.05, 3.63) is 71.8 Å². The number of benzene rings is 2. The molecule has 0 spiro atoms. The summed E-state index contributed by atoms with van der Waals surface area (Å²) in [5.41, 5.74) is 2.64. The molecule has 38 heavy (non-hydrogen) atoms. The smallest absolute Gasteiger partial charge is 0.338 e. The average Bonchev–Trinajstić information content (AvgIpc) is 3.18. The number of hydrogen-bond acceptors (Lipinski definition) is 6. The normalized spacial score (nSPS) is 31.9. The van der Waals surface area contributed by atoms with Crippen LogP contribution in [0.15, 0.2) is 60.0 Å². The monoisotopic (exact) mass is 537 g/mol. The van der Waals surface area contributed by atoms with Crippen molar-refractivity contribution in [2.75, 3.05) is 0 Å². The van der Waals surface area contributed by atoms with Crippen LogP contribution in [0.25, 0.3) is 0 Å². The number of carbonyl (C=O) groups excluding carboxylic acids is 2. The SMILES string of the molecule is C=C[C@]12CC[C@]3(C)C[C@H](OC(=O)c4ccc(S(N)(=O)=O)cc4)CC3C1[C@H](C)Cc1cc(OC(C)=O)ccc12. The minimum atomic E-state index is -3.83. The molecule has 0 radical (unpaired) electrons. The van der Waals surface area contributed by atoms with Crippen molar-refractivity contribution >= 4 is 22.0 Å². The molecule has 2 unspecified atom stereocenters. The first-order valence-corrected chi connectivity index (χ1v) is 14.7. The number of nitrogens with two attached hydrogens (primary N) is 1. The fourth-order valence-corrected chi connectivity index (χ4v) is 8.28. The zero-order valence-electron chi connectivity index (χ0n) is 22.1. The molecular formula is C30H35NO6S. The summed E-state index contributed by atoms with van der Waals surface area (Å²) >= 11 is 0. The fourth-order valence-electron chi connectivity index (χ4n) is 7.76. The molecule has 202 valence electrons. The molecule has 2 aromatic rings. The molecule has 5 rings (SSSR count). The van der Waals surface area contributed by atoms with Crippen LogP contribution in [-0.2, 0) is 31.4 Å². The number of rotatable bonds is 5. The van der Waals surface area contributed by atoms with E-state index in [-0.39, 0.29) is 27.8 Å². The van der Waals surface area contributed by atoms with E-state index in [0.29, 0.717) is 29.1 Å². The van der Waals surface area contributed by atoms with Crippen molar-refractivity contribution in [1.29, 1.82) is 0 Å². The Bertz CT molecular complexity index is 1400. The molecule has 0 amide bonds. The first-order chi connectivity index (χ1) is 17.9. The molecule has 2 N–H and O–H groups in total. The third-order valence-corrected chi connectivity index (χ3v) is 10.2. The lowest BCUT2D eigenvalue weighted by molar-refractivity contribution is -0.131. The Morgan fingerprint density at radius 3 is 2.47 bits per heavy atom. The lowest BCUT2D eigenvalue weighted by Crippen LogP contribution is -2.52. The second-order valence-corrected chi connectivity index (χ2v) is 13.2. The Kier molecular flexibility index (Phi) is 6.55. The molecule has 0 saturated heterocycles. The number of carbonyl (C=O) groups is 2. The largest absolute Gasteiger partial charge is 0.459 e. The van der Waals surface area contributed by atoms with Crippen LogP contribution in [0.3, 0.4) is 0 Å². The summed E-state index contributed by atoms with van der Waals surface area (Å²) in [6.45, 7) is 10.3. The van der Waals surface area contributed by atoms with Crippen LogP contribution in [0.2, 0.25) is 0 Å². The van der Waals surface area contributed by atoms with Crippen LogP contribution in [-0.4, -0.2) is 26.5 Å². The molecule has 7 nitrogen and oxygen atoms in total. The molecule has 3 aliphatic carbocycles. The molecule has 6 atom stereocenters. The summed E-state index contributed by atoms with van der Waals surface area (Å²) in [6, 6.07) is 11.5. The van der Waals surface area contributed by atoms with E-state index in [9.17, 15) is 18.0 Å². The molecule has 0 heterocycles. The van der Waals surface area contributed by atoms with Gasteiger partial charge in [-0.1, -0.05) is 26.0 Å². The van der Waals surface area contributed by atoms with E-state index in [2.05, 4.69) is 32.6 Å². The minimum Gasteiger partial charge on any atom is -0.459 e. The van der Waals surface area contributed by atoms with Crippen LogP contribution in [0.4, 0.5) is 0 Å². The Hall–Kier alpha value is -2.97. The van der Waals surface area contributed by atoms with Crippen molar-refractivity contribution in [3.8, 4) is 5.75 Å². The van der Waals surface area contributed by atoms with E-state index in [0.717, 1.165) is 32.1 Å². The van der Waals surface area contributed by atoms with E-state index >= 15 is 0 Å². The van der Waals surface area contributed by atoms with Gasteiger partial charge in [0.2, 0.25) is 10.0 Å². The van der Waals surface area contributed by atoms with Gasteiger partial charge in [-0.3, -0.25) is 4.79 Å². The Labute approximate surface area is 224 Å². The number of sulfonamides is 1. The first-order valence-electron chi connectivity index (χ1n) is 13.2. The lowest BCUT2D eigenvalue weighted by atomic mass is 9.46. The van der Waals surface area contributed by atoms with E-state index in [4.69, 9.17) is 14.6 Å². The van der Waals surface area contributed by atoms with Gasteiger partial charge < -0.3 is 9.47 Å². The zero-order chi connectivity index (χ0) is 27.5. The second-order valence-electron chi connectivity index (χ2n) is 11.7.